The normalized spacial score (nSPS) is 15.4. The second-order valence-corrected chi connectivity index (χ2v) is 6.67. The molecule has 1 fully saturated rings. The van der Waals surface area contributed by atoms with Crippen molar-refractivity contribution in [2.45, 2.75) is 33.1 Å². The Hall–Kier alpha value is -2.69. The maximum absolute atomic E-state index is 4.60. The van der Waals surface area contributed by atoms with E-state index in [1.807, 2.05) is 35.7 Å². The first-order valence-corrected chi connectivity index (χ1v) is 8.93. The number of anilines is 1. The average Bonchev–Trinajstić information content (AvgIpc) is 2.98. The van der Waals surface area contributed by atoms with E-state index < -0.39 is 0 Å². The van der Waals surface area contributed by atoms with Gasteiger partial charge in [-0.2, -0.15) is 0 Å². The molecule has 128 valence electrons. The molecule has 3 heterocycles. The van der Waals surface area contributed by atoms with Crippen LogP contribution >= 0.6 is 0 Å². The summed E-state index contributed by atoms with van der Waals surface area (Å²) in [6.45, 7) is 6.34. The van der Waals surface area contributed by atoms with Gasteiger partial charge in [0.1, 0.15) is 5.65 Å². The molecule has 2 aromatic heterocycles. The second-order valence-electron chi connectivity index (χ2n) is 6.67. The maximum atomic E-state index is 4.60. The van der Waals surface area contributed by atoms with E-state index in [2.05, 4.69) is 45.2 Å². The predicted molar refractivity (Wildman–Crippen MR) is 101 cm³/mol. The van der Waals surface area contributed by atoms with E-state index in [1.165, 1.54) is 24.9 Å². The van der Waals surface area contributed by atoms with Crippen LogP contribution in [0.3, 0.4) is 0 Å². The SMILES string of the molecule is Cc1nc2c(C)cccn2c1N=Nc1ccc(N2CCCCC2)cc1. The summed E-state index contributed by atoms with van der Waals surface area (Å²) in [7, 11) is 0. The lowest BCUT2D eigenvalue weighted by atomic mass is 10.1. The van der Waals surface area contributed by atoms with Crippen molar-refractivity contribution in [1.82, 2.24) is 9.38 Å². The number of pyridine rings is 1. The summed E-state index contributed by atoms with van der Waals surface area (Å²) in [5, 5.41) is 8.88. The number of aromatic nitrogens is 2. The molecule has 0 atom stereocenters. The molecule has 1 aromatic carbocycles. The van der Waals surface area contributed by atoms with Crippen LogP contribution in [0.4, 0.5) is 17.2 Å². The Balaban J connectivity index is 1.58. The molecule has 1 saturated heterocycles. The van der Waals surface area contributed by atoms with Crippen LogP contribution in [0.15, 0.2) is 52.8 Å². The molecule has 1 aliphatic rings. The van der Waals surface area contributed by atoms with Crippen LogP contribution in [0.25, 0.3) is 5.65 Å². The lowest BCUT2D eigenvalue weighted by molar-refractivity contribution is 0.578. The molecule has 0 bridgehead atoms. The van der Waals surface area contributed by atoms with Gasteiger partial charge in [-0.05, 0) is 69.0 Å². The van der Waals surface area contributed by atoms with Crippen LogP contribution in [-0.4, -0.2) is 22.5 Å². The highest BCUT2D eigenvalue weighted by Crippen LogP contribution is 2.27. The van der Waals surface area contributed by atoms with Crippen molar-refractivity contribution >= 4 is 22.8 Å². The summed E-state index contributed by atoms with van der Waals surface area (Å²) < 4.78 is 2.00. The second kappa shape index (κ2) is 6.67. The van der Waals surface area contributed by atoms with Crippen molar-refractivity contribution in [3.8, 4) is 0 Å². The van der Waals surface area contributed by atoms with Crippen LogP contribution < -0.4 is 4.90 Å². The number of nitrogens with zero attached hydrogens (tertiary/aromatic N) is 5. The first-order chi connectivity index (χ1) is 12.2. The van der Waals surface area contributed by atoms with E-state index in [0.29, 0.717) is 0 Å². The molecule has 1 aliphatic heterocycles. The van der Waals surface area contributed by atoms with Gasteiger partial charge in [-0.15, -0.1) is 10.2 Å². The van der Waals surface area contributed by atoms with Crippen LogP contribution in [0, 0.1) is 13.8 Å². The highest BCUT2D eigenvalue weighted by molar-refractivity contribution is 5.57. The van der Waals surface area contributed by atoms with E-state index in [4.69, 9.17) is 0 Å². The topological polar surface area (TPSA) is 45.3 Å². The number of benzene rings is 1. The first-order valence-electron chi connectivity index (χ1n) is 8.93. The number of fused-ring (bicyclic) bond motifs is 1. The Kier molecular flexibility index (Phi) is 4.22. The zero-order valence-corrected chi connectivity index (χ0v) is 14.8. The summed E-state index contributed by atoms with van der Waals surface area (Å²) in [5.41, 5.74) is 5.11. The Bertz CT molecular complexity index is 902. The van der Waals surface area contributed by atoms with Crippen molar-refractivity contribution in [3.05, 3.63) is 53.9 Å². The molecule has 25 heavy (non-hydrogen) atoms. The molecule has 3 aromatic rings. The summed E-state index contributed by atoms with van der Waals surface area (Å²) in [4.78, 5) is 7.05. The van der Waals surface area contributed by atoms with Gasteiger partial charge in [0.05, 0.1) is 11.4 Å². The van der Waals surface area contributed by atoms with Crippen molar-refractivity contribution in [3.63, 3.8) is 0 Å². The van der Waals surface area contributed by atoms with E-state index in [0.717, 1.165) is 41.5 Å². The van der Waals surface area contributed by atoms with Crippen LogP contribution in [0.5, 0.6) is 0 Å². The minimum atomic E-state index is 0.791. The number of imidazole rings is 1. The Morgan fingerprint density at radius 2 is 1.68 bits per heavy atom. The molecule has 5 nitrogen and oxygen atoms in total. The van der Waals surface area contributed by atoms with Gasteiger partial charge in [0, 0.05) is 25.0 Å². The summed E-state index contributed by atoms with van der Waals surface area (Å²) >= 11 is 0. The van der Waals surface area contributed by atoms with E-state index >= 15 is 0 Å². The standard InChI is InChI=1S/C20H23N5/c1-15-7-6-14-25-19(15)21-16(2)20(25)23-22-17-8-10-18(11-9-17)24-12-4-3-5-13-24/h6-11,14H,3-5,12-13H2,1-2H3. The van der Waals surface area contributed by atoms with Gasteiger partial charge < -0.3 is 4.90 Å². The Morgan fingerprint density at radius 1 is 0.920 bits per heavy atom. The van der Waals surface area contributed by atoms with Gasteiger partial charge in [-0.1, -0.05) is 6.07 Å². The average molecular weight is 333 g/mol. The number of hydrogen-bond donors (Lipinski definition) is 0. The van der Waals surface area contributed by atoms with E-state index in [9.17, 15) is 0 Å². The Morgan fingerprint density at radius 3 is 2.44 bits per heavy atom. The fourth-order valence-electron chi connectivity index (χ4n) is 3.41. The summed E-state index contributed by atoms with van der Waals surface area (Å²) in [6, 6.07) is 12.4. The third-order valence-corrected chi connectivity index (χ3v) is 4.82. The molecule has 0 saturated carbocycles. The number of aryl methyl sites for hydroxylation is 2. The fraction of sp³-hybridized carbons (Fsp3) is 0.350. The highest BCUT2D eigenvalue weighted by Gasteiger charge is 2.11. The monoisotopic (exact) mass is 333 g/mol. The Labute approximate surface area is 148 Å². The van der Waals surface area contributed by atoms with Gasteiger partial charge in [0.25, 0.3) is 0 Å². The minimum Gasteiger partial charge on any atom is -0.372 e. The lowest BCUT2D eigenvalue weighted by Crippen LogP contribution is -2.29. The number of rotatable bonds is 3. The van der Waals surface area contributed by atoms with Gasteiger partial charge >= 0.3 is 0 Å². The molecule has 0 aliphatic carbocycles. The maximum Gasteiger partial charge on any atom is 0.182 e. The summed E-state index contributed by atoms with van der Waals surface area (Å²) in [5.74, 6) is 0.791. The molecule has 0 amide bonds. The van der Waals surface area contributed by atoms with Crippen molar-refractivity contribution in [1.29, 1.82) is 0 Å². The highest BCUT2D eigenvalue weighted by atomic mass is 15.2. The van der Waals surface area contributed by atoms with Crippen molar-refractivity contribution < 1.29 is 0 Å². The lowest BCUT2D eigenvalue weighted by Gasteiger charge is -2.28. The van der Waals surface area contributed by atoms with Gasteiger partial charge in [-0.3, -0.25) is 4.40 Å². The molecule has 0 radical (unpaired) electrons. The van der Waals surface area contributed by atoms with Gasteiger partial charge in [0.15, 0.2) is 5.82 Å². The molecule has 0 unspecified atom stereocenters. The molecular formula is C20H23N5. The predicted octanol–water partition coefficient (Wildman–Crippen LogP) is 5.36. The number of azo groups is 1. The molecule has 0 spiro atoms. The third-order valence-electron chi connectivity index (χ3n) is 4.82. The van der Waals surface area contributed by atoms with Crippen LogP contribution in [0.1, 0.15) is 30.5 Å². The quantitative estimate of drug-likeness (QED) is 0.606. The van der Waals surface area contributed by atoms with Crippen LogP contribution in [0.2, 0.25) is 0 Å². The molecule has 4 rings (SSSR count). The number of hydrogen-bond acceptors (Lipinski definition) is 4. The molecular weight excluding hydrogens is 310 g/mol. The van der Waals surface area contributed by atoms with E-state index in [-0.39, 0.29) is 0 Å². The molecule has 0 N–H and O–H groups in total. The smallest absolute Gasteiger partial charge is 0.182 e. The fourth-order valence-corrected chi connectivity index (χ4v) is 3.41. The summed E-state index contributed by atoms with van der Waals surface area (Å²) in [6.07, 6.45) is 5.90. The minimum absolute atomic E-state index is 0.791. The third kappa shape index (κ3) is 3.14. The van der Waals surface area contributed by atoms with Gasteiger partial charge in [-0.25, -0.2) is 4.98 Å². The first kappa shape index (κ1) is 15.8. The van der Waals surface area contributed by atoms with Crippen molar-refractivity contribution in [2.75, 3.05) is 18.0 Å². The molecule has 5 heteroatoms. The zero-order chi connectivity index (χ0) is 17.2. The van der Waals surface area contributed by atoms with Crippen LogP contribution in [-0.2, 0) is 0 Å². The van der Waals surface area contributed by atoms with Gasteiger partial charge in [0.2, 0.25) is 0 Å². The zero-order valence-electron chi connectivity index (χ0n) is 14.8. The van der Waals surface area contributed by atoms with Crippen molar-refractivity contribution in [2.24, 2.45) is 10.2 Å². The van der Waals surface area contributed by atoms with E-state index in [1.54, 1.807) is 0 Å². The number of piperidine rings is 1. The largest absolute Gasteiger partial charge is 0.372 e.